The maximum Gasteiger partial charge on any atom is 0.245 e. The molecule has 21 heavy (non-hydrogen) atoms. The number of hydrogen-bond acceptors (Lipinski definition) is 3. The Morgan fingerprint density at radius 3 is 2.86 bits per heavy atom. The average molecular weight is 292 g/mol. The number of aromatic amines is 1. The molecule has 2 rings (SSSR count). The van der Waals surface area contributed by atoms with Crippen molar-refractivity contribution >= 4 is 11.7 Å². The summed E-state index contributed by atoms with van der Waals surface area (Å²) in [6.07, 6.45) is 9.23. The van der Waals surface area contributed by atoms with Crippen molar-refractivity contribution < 1.29 is 4.79 Å². The van der Waals surface area contributed by atoms with Crippen LogP contribution < -0.4 is 11.1 Å². The first-order chi connectivity index (χ1) is 10.0. The van der Waals surface area contributed by atoms with E-state index in [9.17, 15) is 4.79 Å². The Bertz CT molecular complexity index is 461. The molecule has 4 N–H and O–H groups in total. The lowest BCUT2D eigenvalue weighted by atomic mass is 9.86. The highest BCUT2D eigenvalue weighted by molar-refractivity contribution is 5.96. The number of nitrogens with one attached hydrogen (secondary N) is 2. The summed E-state index contributed by atoms with van der Waals surface area (Å²) in [6, 6.07) is 1.94. The van der Waals surface area contributed by atoms with Crippen molar-refractivity contribution in [3.05, 3.63) is 11.8 Å². The van der Waals surface area contributed by atoms with E-state index in [-0.39, 0.29) is 5.91 Å². The number of carbonyl (C=O) groups is 1. The van der Waals surface area contributed by atoms with E-state index in [1.54, 1.807) is 6.92 Å². The number of amides is 1. The van der Waals surface area contributed by atoms with Crippen molar-refractivity contribution in [2.45, 2.75) is 70.8 Å². The maximum absolute atomic E-state index is 12.1. The van der Waals surface area contributed by atoms with Gasteiger partial charge < -0.3 is 11.1 Å². The van der Waals surface area contributed by atoms with Crippen molar-refractivity contribution in [1.82, 2.24) is 10.2 Å². The highest BCUT2D eigenvalue weighted by Gasteiger charge is 2.27. The molecule has 0 aromatic carbocycles. The fourth-order valence-corrected chi connectivity index (χ4v) is 3.12. The molecule has 0 aliphatic heterocycles. The second-order valence-electron chi connectivity index (χ2n) is 6.61. The standard InChI is InChI=1S/C16H28N4O/c1-3-9-16(2,17)15(21)18-14-11-13(19-20-14)10-12-7-5-4-6-8-12/h11-12H,3-10,17H2,1-2H3,(H2,18,19,20,21). The van der Waals surface area contributed by atoms with Gasteiger partial charge in [0.1, 0.15) is 0 Å². The van der Waals surface area contributed by atoms with Gasteiger partial charge >= 0.3 is 0 Å². The second kappa shape index (κ2) is 7.07. The van der Waals surface area contributed by atoms with Crippen LogP contribution in [0.1, 0.15) is 64.5 Å². The summed E-state index contributed by atoms with van der Waals surface area (Å²) in [4.78, 5) is 12.1. The zero-order valence-electron chi connectivity index (χ0n) is 13.2. The molecule has 1 heterocycles. The molecule has 1 amide bonds. The molecule has 1 fully saturated rings. The van der Waals surface area contributed by atoms with Crippen LogP contribution in [0.2, 0.25) is 0 Å². The minimum atomic E-state index is -0.836. The lowest BCUT2D eigenvalue weighted by molar-refractivity contribution is -0.120. The number of H-pyrrole nitrogens is 1. The molecule has 1 aromatic rings. The third kappa shape index (κ3) is 4.56. The molecule has 1 aliphatic carbocycles. The van der Waals surface area contributed by atoms with Crippen LogP contribution in [0.4, 0.5) is 5.82 Å². The quantitative estimate of drug-likeness (QED) is 0.753. The molecule has 0 radical (unpaired) electrons. The van der Waals surface area contributed by atoms with Gasteiger partial charge in [0.2, 0.25) is 5.91 Å². The number of carbonyl (C=O) groups excluding carboxylic acids is 1. The molecule has 1 aliphatic rings. The number of hydrogen-bond donors (Lipinski definition) is 3. The summed E-state index contributed by atoms with van der Waals surface area (Å²) >= 11 is 0. The number of nitrogens with two attached hydrogens (primary N) is 1. The molecule has 0 bridgehead atoms. The highest BCUT2D eigenvalue weighted by atomic mass is 16.2. The minimum Gasteiger partial charge on any atom is -0.318 e. The van der Waals surface area contributed by atoms with E-state index in [1.807, 2.05) is 13.0 Å². The van der Waals surface area contributed by atoms with Crippen LogP contribution in [-0.4, -0.2) is 21.6 Å². The highest BCUT2D eigenvalue weighted by Crippen LogP contribution is 2.26. The molecule has 118 valence electrons. The van der Waals surface area contributed by atoms with Gasteiger partial charge in [0, 0.05) is 11.8 Å². The van der Waals surface area contributed by atoms with Gasteiger partial charge in [-0.3, -0.25) is 9.89 Å². The molecule has 1 aromatic heterocycles. The topological polar surface area (TPSA) is 83.8 Å². The molecular formula is C16H28N4O. The Labute approximate surface area is 127 Å². The third-order valence-corrected chi connectivity index (χ3v) is 4.39. The van der Waals surface area contributed by atoms with Gasteiger partial charge in [0.15, 0.2) is 5.82 Å². The summed E-state index contributed by atoms with van der Waals surface area (Å²) in [5, 5.41) is 10.0. The normalized spacial score (nSPS) is 19.2. The van der Waals surface area contributed by atoms with Crippen LogP contribution in [0, 0.1) is 5.92 Å². The largest absolute Gasteiger partial charge is 0.318 e. The van der Waals surface area contributed by atoms with Gasteiger partial charge in [0.05, 0.1) is 5.54 Å². The van der Waals surface area contributed by atoms with Crippen molar-refractivity contribution in [1.29, 1.82) is 0 Å². The smallest absolute Gasteiger partial charge is 0.245 e. The van der Waals surface area contributed by atoms with Gasteiger partial charge in [-0.1, -0.05) is 45.4 Å². The molecule has 5 nitrogen and oxygen atoms in total. The van der Waals surface area contributed by atoms with Crippen molar-refractivity contribution in [2.75, 3.05) is 5.32 Å². The van der Waals surface area contributed by atoms with Gasteiger partial charge in [-0.25, -0.2) is 0 Å². The van der Waals surface area contributed by atoms with E-state index in [4.69, 9.17) is 5.73 Å². The van der Waals surface area contributed by atoms with Crippen molar-refractivity contribution in [3.8, 4) is 0 Å². The fraction of sp³-hybridized carbons (Fsp3) is 0.750. The summed E-state index contributed by atoms with van der Waals surface area (Å²) in [7, 11) is 0. The van der Waals surface area contributed by atoms with Crippen LogP contribution in [-0.2, 0) is 11.2 Å². The predicted molar refractivity (Wildman–Crippen MR) is 85.0 cm³/mol. The minimum absolute atomic E-state index is 0.167. The van der Waals surface area contributed by atoms with Gasteiger partial charge in [-0.2, -0.15) is 5.10 Å². The first kappa shape index (κ1) is 16.0. The summed E-state index contributed by atoms with van der Waals surface area (Å²) in [5.41, 5.74) is 6.29. The van der Waals surface area contributed by atoms with Gasteiger partial charge in [0.25, 0.3) is 0 Å². The zero-order valence-corrected chi connectivity index (χ0v) is 13.2. The maximum atomic E-state index is 12.1. The average Bonchev–Trinajstić information content (AvgIpc) is 2.87. The van der Waals surface area contributed by atoms with Crippen LogP contribution in [0.5, 0.6) is 0 Å². The van der Waals surface area contributed by atoms with E-state index in [2.05, 4.69) is 15.5 Å². The van der Waals surface area contributed by atoms with Crippen LogP contribution in [0.3, 0.4) is 0 Å². The summed E-state index contributed by atoms with van der Waals surface area (Å²) < 4.78 is 0. The molecule has 5 heteroatoms. The molecule has 0 saturated heterocycles. The first-order valence-electron chi connectivity index (χ1n) is 8.16. The third-order valence-electron chi connectivity index (χ3n) is 4.39. The second-order valence-corrected chi connectivity index (χ2v) is 6.61. The number of anilines is 1. The molecule has 1 atom stereocenters. The van der Waals surface area contributed by atoms with Crippen molar-refractivity contribution in [2.24, 2.45) is 11.7 Å². The number of rotatable bonds is 6. The number of nitrogens with zero attached hydrogens (tertiary/aromatic N) is 1. The lowest BCUT2D eigenvalue weighted by Gasteiger charge is -2.22. The van der Waals surface area contributed by atoms with Gasteiger partial charge in [-0.05, 0) is 25.7 Å². The Kier molecular flexibility index (Phi) is 5.39. The Hall–Kier alpha value is -1.36. The zero-order chi connectivity index (χ0) is 15.3. The van der Waals surface area contributed by atoms with E-state index < -0.39 is 5.54 Å². The van der Waals surface area contributed by atoms with Gasteiger partial charge in [-0.15, -0.1) is 0 Å². The Morgan fingerprint density at radius 2 is 2.19 bits per heavy atom. The summed E-state index contributed by atoms with van der Waals surface area (Å²) in [6.45, 7) is 3.79. The van der Waals surface area contributed by atoms with E-state index >= 15 is 0 Å². The SMILES string of the molecule is CCCC(C)(N)C(=O)Nc1cc(CC2CCCCC2)[nH]n1. The van der Waals surface area contributed by atoms with E-state index in [0.717, 1.165) is 24.5 Å². The Balaban J connectivity index is 1.89. The predicted octanol–water partition coefficient (Wildman–Crippen LogP) is 2.99. The van der Waals surface area contributed by atoms with Crippen LogP contribution in [0.15, 0.2) is 6.07 Å². The fourth-order valence-electron chi connectivity index (χ4n) is 3.12. The van der Waals surface area contributed by atoms with E-state index in [0.29, 0.717) is 12.2 Å². The first-order valence-corrected chi connectivity index (χ1v) is 8.16. The van der Waals surface area contributed by atoms with Crippen LogP contribution in [0.25, 0.3) is 0 Å². The monoisotopic (exact) mass is 292 g/mol. The molecule has 1 unspecified atom stereocenters. The molecule has 1 saturated carbocycles. The molecular weight excluding hydrogens is 264 g/mol. The molecule has 0 spiro atoms. The van der Waals surface area contributed by atoms with Crippen LogP contribution >= 0.6 is 0 Å². The lowest BCUT2D eigenvalue weighted by Crippen LogP contribution is -2.48. The summed E-state index contributed by atoms with van der Waals surface area (Å²) in [5.74, 6) is 1.17. The Morgan fingerprint density at radius 1 is 1.48 bits per heavy atom. The number of aromatic nitrogens is 2. The van der Waals surface area contributed by atoms with Crippen molar-refractivity contribution in [3.63, 3.8) is 0 Å². The van der Waals surface area contributed by atoms with E-state index in [1.165, 1.54) is 32.1 Å².